The molecule has 0 bridgehead atoms. The van der Waals surface area contributed by atoms with Crippen LogP contribution in [-0.4, -0.2) is 55.6 Å². The van der Waals surface area contributed by atoms with Crippen molar-refractivity contribution in [2.45, 2.75) is 25.3 Å². The van der Waals surface area contributed by atoms with E-state index in [1.54, 1.807) is 0 Å². The van der Waals surface area contributed by atoms with Gasteiger partial charge in [-0.05, 0) is 62.2 Å². The molecule has 2 saturated heterocycles. The molecule has 0 amide bonds. The van der Waals surface area contributed by atoms with Gasteiger partial charge in [-0.1, -0.05) is 58.5 Å². The first-order chi connectivity index (χ1) is 14.5. The van der Waals surface area contributed by atoms with Crippen molar-refractivity contribution in [1.29, 1.82) is 0 Å². The van der Waals surface area contributed by atoms with Crippen molar-refractivity contribution in [1.82, 2.24) is 9.80 Å². The smallest absolute Gasteiger partial charge is 0.0825 e. The molecule has 0 aromatic heterocycles. The Bertz CT molecular complexity index is 862. The van der Waals surface area contributed by atoms with Crippen molar-refractivity contribution in [3.05, 3.63) is 62.1 Å². The van der Waals surface area contributed by atoms with Gasteiger partial charge in [-0.25, -0.2) is 0 Å². The molecule has 2 aromatic carbocycles. The molecule has 1 unspecified atom stereocenters. The Hall–Kier alpha value is -0.680. The van der Waals surface area contributed by atoms with Gasteiger partial charge in [0.15, 0.2) is 0 Å². The van der Waals surface area contributed by atoms with Gasteiger partial charge < -0.3 is 4.90 Å². The van der Waals surface area contributed by atoms with Crippen LogP contribution in [0.3, 0.4) is 0 Å². The number of benzene rings is 2. The molecule has 2 aliphatic rings. The topological polar surface area (TPSA) is 9.72 Å². The monoisotopic (exact) mass is 485 g/mol. The van der Waals surface area contributed by atoms with Gasteiger partial charge in [0.05, 0.1) is 25.8 Å². The number of likely N-dealkylation sites (tertiary alicyclic amines) is 1. The van der Waals surface area contributed by atoms with E-state index in [1.165, 1.54) is 18.4 Å². The highest BCUT2D eigenvalue weighted by atomic mass is 35.5. The van der Waals surface area contributed by atoms with E-state index in [0.29, 0.717) is 26.1 Å². The predicted octanol–water partition coefficient (Wildman–Crippen LogP) is 6.65. The number of hydrogen-bond donors (Lipinski definition) is 0. The maximum absolute atomic E-state index is 6.42. The lowest BCUT2D eigenvalue weighted by molar-refractivity contribution is 0.187. The highest BCUT2D eigenvalue weighted by Gasteiger charge is 2.26. The maximum Gasteiger partial charge on any atom is 0.0825 e. The Labute approximate surface area is 199 Å². The van der Waals surface area contributed by atoms with Crippen LogP contribution in [0.4, 0.5) is 5.69 Å². The fourth-order valence-electron chi connectivity index (χ4n) is 4.59. The molecular formula is C23H27Cl4N3. The molecule has 2 aliphatic heterocycles. The van der Waals surface area contributed by atoms with Crippen LogP contribution in [0.5, 0.6) is 0 Å². The van der Waals surface area contributed by atoms with Crippen LogP contribution >= 0.6 is 46.4 Å². The molecule has 162 valence electrons. The summed E-state index contributed by atoms with van der Waals surface area (Å²) in [6.45, 7) is 7.35. The third-order valence-electron chi connectivity index (χ3n) is 6.27. The summed E-state index contributed by atoms with van der Waals surface area (Å²) in [6, 6.07) is 12.4. The van der Waals surface area contributed by atoms with E-state index in [2.05, 4.69) is 26.8 Å². The molecule has 2 aromatic rings. The SMILES string of the molecule is Clc1ccc(C(CCN2CCN(c3cccc(Cl)c3Cl)CC2)N2CCCC2)cc1Cl. The molecule has 2 fully saturated rings. The molecule has 0 radical (unpaired) electrons. The average molecular weight is 487 g/mol. The fourth-order valence-corrected chi connectivity index (χ4v) is 5.31. The third kappa shape index (κ3) is 5.20. The lowest BCUT2D eigenvalue weighted by Crippen LogP contribution is -2.47. The molecule has 3 nitrogen and oxygen atoms in total. The van der Waals surface area contributed by atoms with E-state index >= 15 is 0 Å². The van der Waals surface area contributed by atoms with E-state index in [0.717, 1.165) is 57.9 Å². The van der Waals surface area contributed by atoms with Crippen molar-refractivity contribution in [2.24, 2.45) is 0 Å². The van der Waals surface area contributed by atoms with Crippen molar-refractivity contribution in [2.75, 3.05) is 50.7 Å². The normalized spacial score (nSPS) is 19.4. The van der Waals surface area contributed by atoms with E-state index in [4.69, 9.17) is 46.4 Å². The van der Waals surface area contributed by atoms with Crippen LogP contribution in [0.25, 0.3) is 0 Å². The molecule has 7 heteroatoms. The minimum absolute atomic E-state index is 0.391. The van der Waals surface area contributed by atoms with E-state index < -0.39 is 0 Å². The summed E-state index contributed by atoms with van der Waals surface area (Å²) in [7, 11) is 0. The first-order valence-electron chi connectivity index (χ1n) is 10.6. The van der Waals surface area contributed by atoms with Crippen LogP contribution in [0.15, 0.2) is 36.4 Å². The van der Waals surface area contributed by atoms with E-state index in [1.807, 2.05) is 24.3 Å². The molecular weight excluding hydrogens is 460 g/mol. The van der Waals surface area contributed by atoms with Gasteiger partial charge in [-0.3, -0.25) is 9.80 Å². The third-order valence-corrected chi connectivity index (χ3v) is 7.82. The molecule has 1 atom stereocenters. The zero-order valence-corrected chi connectivity index (χ0v) is 20.0. The molecule has 0 spiro atoms. The summed E-state index contributed by atoms with van der Waals surface area (Å²) in [6.07, 6.45) is 3.64. The quantitative estimate of drug-likeness (QED) is 0.452. The Morgan fingerprint density at radius 1 is 0.767 bits per heavy atom. The lowest BCUT2D eigenvalue weighted by atomic mass is 10.0. The second-order valence-corrected chi connectivity index (χ2v) is 9.72. The Morgan fingerprint density at radius 2 is 1.50 bits per heavy atom. The first-order valence-corrected chi connectivity index (χ1v) is 12.1. The number of piperazine rings is 1. The van der Waals surface area contributed by atoms with Crippen LogP contribution in [0, 0.1) is 0 Å². The van der Waals surface area contributed by atoms with Gasteiger partial charge in [0.2, 0.25) is 0 Å². The van der Waals surface area contributed by atoms with Crippen LogP contribution in [-0.2, 0) is 0 Å². The zero-order valence-electron chi connectivity index (χ0n) is 17.0. The number of hydrogen-bond acceptors (Lipinski definition) is 3. The summed E-state index contributed by atoms with van der Waals surface area (Å²) in [5, 5.41) is 2.54. The number of nitrogens with zero attached hydrogens (tertiary/aromatic N) is 3. The van der Waals surface area contributed by atoms with Gasteiger partial charge in [0.1, 0.15) is 0 Å². The fraction of sp³-hybridized carbons (Fsp3) is 0.478. The predicted molar refractivity (Wildman–Crippen MR) is 130 cm³/mol. The van der Waals surface area contributed by atoms with Gasteiger partial charge >= 0.3 is 0 Å². The molecule has 4 rings (SSSR count). The summed E-state index contributed by atoms with van der Waals surface area (Å²) in [5.41, 5.74) is 2.31. The average Bonchev–Trinajstić information content (AvgIpc) is 3.28. The standard InChI is InChI=1S/C23H27Cl4N3/c24-18-7-6-17(16-20(18)26)21(29-9-1-2-10-29)8-11-28-12-14-30(15-13-28)22-5-3-4-19(25)23(22)27/h3-7,16,21H,1-2,8-15H2. The highest BCUT2D eigenvalue weighted by Crippen LogP contribution is 2.34. The van der Waals surface area contributed by atoms with Gasteiger partial charge in [0, 0.05) is 38.8 Å². The number of anilines is 1. The molecule has 30 heavy (non-hydrogen) atoms. The van der Waals surface area contributed by atoms with Gasteiger partial charge in [-0.15, -0.1) is 0 Å². The molecule has 2 heterocycles. The van der Waals surface area contributed by atoms with Crippen molar-refractivity contribution in [3.8, 4) is 0 Å². The van der Waals surface area contributed by atoms with Crippen LogP contribution in [0.2, 0.25) is 20.1 Å². The zero-order chi connectivity index (χ0) is 21.1. The summed E-state index contributed by atoms with van der Waals surface area (Å²) < 4.78 is 0. The van der Waals surface area contributed by atoms with E-state index in [-0.39, 0.29) is 0 Å². The van der Waals surface area contributed by atoms with Crippen LogP contribution in [0.1, 0.15) is 30.9 Å². The Morgan fingerprint density at radius 3 is 2.20 bits per heavy atom. The molecule has 0 saturated carbocycles. The largest absolute Gasteiger partial charge is 0.368 e. The van der Waals surface area contributed by atoms with Gasteiger partial charge in [-0.2, -0.15) is 0 Å². The maximum atomic E-state index is 6.42. The second-order valence-electron chi connectivity index (χ2n) is 8.12. The summed E-state index contributed by atoms with van der Waals surface area (Å²) >= 11 is 25.1. The summed E-state index contributed by atoms with van der Waals surface area (Å²) in [5.74, 6) is 0. The van der Waals surface area contributed by atoms with Crippen molar-refractivity contribution < 1.29 is 0 Å². The summed E-state index contributed by atoms with van der Waals surface area (Å²) in [4.78, 5) is 7.48. The van der Waals surface area contributed by atoms with Crippen LogP contribution < -0.4 is 4.90 Å². The minimum Gasteiger partial charge on any atom is -0.368 e. The van der Waals surface area contributed by atoms with Crippen molar-refractivity contribution >= 4 is 52.1 Å². The molecule has 0 aliphatic carbocycles. The number of rotatable bonds is 6. The first kappa shape index (κ1) is 22.5. The lowest BCUT2D eigenvalue weighted by Gasteiger charge is -2.38. The Balaban J connectivity index is 1.37. The van der Waals surface area contributed by atoms with E-state index in [9.17, 15) is 0 Å². The van der Waals surface area contributed by atoms with Crippen molar-refractivity contribution in [3.63, 3.8) is 0 Å². The second kappa shape index (κ2) is 10.3. The molecule has 0 N–H and O–H groups in total. The van der Waals surface area contributed by atoms with Gasteiger partial charge in [0.25, 0.3) is 0 Å². The number of halogens is 4. The highest BCUT2D eigenvalue weighted by molar-refractivity contribution is 6.43. The Kier molecular flexibility index (Phi) is 7.72. The minimum atomic E-state index is 0.391.